The summed E-state index contributed by atoms with van der Waals surface area (Å²) in [5.74, 6) is 3.89. The molecule has 4 aliphatic carbocycles. The molecule has 0 aromatic rings. The highest BCUT2D eigenvalue weighted by atomic mass is 32.2. The maximum Gasteiger partial charge on any atom is 0.240 e. The van der Waals surface area contributed by atoms with Gasteiger partial charge < -0.3 is 10.2 Å². The van der Waals surface area contributed by atoms with Crippen molar-refractivity contribution >= 4 is 23.6 Å². The standard InChI is InChI=1S/C15H22N2O2S/c18-13(7-17-9-20-8-14(17)19)16-15-4-10-1-11(5-15)3-12(2-10)6-15/h10-12H,1-9H2,(H,16,18). The van der Waals surface area contributed by atoms with E-state index in [0.717, 1.165) is 17.8 Å². The van der Waals surface area contributed by atoms with Gasteiger partial charge in [0.15, 0.2) is 0 Å². The number of nitrogens with one attached hydrogen (secondary N) is 1. The van der Waals surface area contributed by atoms with Crippen molar-refractivity contribution in [1.29, 1.82) is 0 Å². The first kappa shape index (κ1) is 13.0. The first-order chi connectivity index (χ1) is 9.62. The van der Waals surface area contributed by atoms with Crippen LogP contribution in [0.2, 0.25) is 0 Å². The molecule has 20 heavy (non-hydrogen) atoms. The van der Waals surface area contributed by atoms with Crippen molar-refractivity contribution in [2.75, 3.05) is 18.2 Å². The van der Waals surface area contributed by atoms with Gasteiger partial charge in [-0.2, -0.15) is 0 Å². The van der Waals surface area contributed by atoms with Crippen molar-refractivity contribution < 1.29 is 9.59 Å². The number of amides is 2. The van der Waals surface area contributed by atoms with E-state index in [4.69, 9.17) is 0 Å². The molecule has 0 radical (unpaired) electrons. The lowest BCUT2D eigenvalue weighted by Gasteiger charge is -2.57. The highest BCUT2D eigenvalue weighted by Gasteiger charge is 2.51. The number of nitrogens with zero attached hydrogens (tertiary/aromatic N) is 1. The van der Waals surface area contributed by atoms with Gasteiger partial charge in [-0.15, -0.1) is 11.8 Å². The fourth-order valence-corrected chi connectivity index (χ4v) is 6.22. The Morgan fingerprint density at radius 2 is 1.80 bits per heavy atom. The molecule has 110 valence electrons. The molecule has 4 saturated carbocycles. The Morgan fingerprint density at radius 3 is 2.30 bits per heavy atom. The fraction of sp³-hybridized carbons (Fsp3) is 0.867. The number of carbonyl (C=O) groups excluding carboxylic acids is 2. The molecule has 0 spiro atoms. The van der Waals surface area contributed by atoms with Crippen LogP contribution >= 0.6 is 11.8 Å². The van der Waals surface area contributed by atoms with Gasteiger partial charge in [-0.25, -0.2) is 0 Å². The second kappa shape index (κ2) is 4.65. The smallest absolute Gasteiger partial charge is 0.240 e. The minimum absolute atomic E-state index is 0.0581. The molecule has 1 saturated heterocycles. The van der Waals surface area contributed by atoms with Crippen LogP contribution in [0.25, 0.3) is 0 Å². The summed E-state index contributed by atoms with van der Waals surface area (Å²) in [6.07, 6.45) is 7.68. The third-order valence-electron chi connectivity index (χ3n) is 5.60. The Kier molecular flexibility index (Phi) is 3.02. The maximum atomic E-state index is 12.3. The van der Waals surface area contributed by atoms with E-state index in [9.17, 15) is 9.59 Å². The van der Waals surface area contributed by atoms with Gasteiger partial charge in [0.05, 0.1) is 11.6 Å². The quantitative estimate of drug-likeness (QED) is 0.860. The van der Waals surface area contributed by atoms with Crippen LogP contribution in [0.3, 0.4) is 0 Å². The largest absolute Gasteiger partial charge is 0.349 e. The number of hydrogen-bond acceptors (Lipinski definition) is 3. The number of rotatable bonds is 3. The summed E-state index contributed by atoms with van der Waals surface area (Å²) in [5, 5.41) is 3.33. The maximum absolute atomic E-state index is 12.3. The summed E-state index contributed by atoms with van der Waals surface area (Å²) in [4.78, 5) is 25.6. The molecule has 0 atom stereocenters. The summed E-state index contributed by atoms with van der Waals surface area (Å²) < 4.78 is 0. The molecule has 4 bridgehead atoms. The minimum Gasteiger partial charge on any atom is -0.349 e. The Hall–Kier alpha value is -0.710. The Morgan fingerprint density at radius 1 is 1.20 bits per heavy atom. The van der Waals surface area contributed by atoms with Crippen LogP contribution in [0.4, 0.5) is 0 Å². The molecule has 5 rings (SSSR count). The molecule has 0 unspecified atom stereocenters. The van der Waals surface area contributed by atoms with Gasteiger partial charge in [0, 0.05) is 5.54 Å². The van der Waals surface area contributed by atoms with Gasteiger partial charge in [0.2, 0.25) is 11.8 Å². The average molecular weight is 294 g/mol. The SMILES string of the molecule is O=C(CN1CSCC1=O)NC12CC3CC(CC(C3)C1)C2. The second-order valence-corrected chi connectivity index (χ2v) is 8.27. The monoisotopic (exact) mass is 294 g/mol. The summed E-state index contributed by atoms with van der Waals surface area (Å²) in [7, 11) is 0. The summed E-state index contributed by atoms with van der Waals surface area (Å²) in [6.45, 7) is 0.258. The van der Waals surface area contributed by atoms with Crippen molar-refractivity contribution in [1.82, 2.24) is 10.2 Å². The van der Waals surface area contributed by atoms with Crippen LogP contribution in [-0.2, 0) is 9.59 Å². The Labute approximate surface area is 124 Å². The van der Waals surface area contributed by atoms with Gasteiger partial charge >= 0.3 is 0 Å². The van der Waals surface area contributed by atoms with Crippen molar-refractivity contribution in [3.8, 4) is 0 Å². The molecule has 1 aliphatic heterocycles. The zero-order chi connectivity index (χ0) is 13.7. The molecule has 2 amide bonds. The fourth-order valence-electron chi connectivity index (χ4n) is 5.31. The van der Waals surface area contributed by atoms with Gasteiger partial charge in [0.25, 0.3) is 0 Å². The van der Waals surface area contributed by atoms with E-state index in [1.165, 1.54) is 38.5 Å². The van der Waals surface area contributed by atoms with Crippen molar-refractivity contribution in [2.24, 2.45) is 17.8 Å². The lowest BCUT2D eigenvalue weighted by molar-refractivity contribution is -0.135. The lowest BCUT2D eigenvalue weighted by atomic mass is 9.53. The number of hydrogen-bond donors (Lipinski definition) is 1. The van der Waals surface area contributed by atoms with Crippen molar-refractivity contribution in [3.63, 3.8) is 0 Å². The van der Waals surface area contributed by atoms with Crippen LogP contribution in [-0.4, -0.2) is 40.4 Å². The Bertz CT molecular complexity index is 416. The van der Waals surface area contributed by atoms with Gasteiger partial charge in [-0.05, 0) is 56.3 Å². The van der Waals surface area contributed by atoms with E-state index >= 15 is 0 Å². The van der Waals surface area contributed by atoms with Crippen LogP contribution in [0.5, 0.6) is 0 Å². The highest BCUT2D eigenvalue weighted by Crippen LogP contribution is 2.55. The molecular formula is C15H22N2O2S. The van der Waals surface area contributed by atoms with Crippen molar-refractivity contribution in [2.45, 2.75) is 44.1 Å². The van der Waals surface area contributed by atoms with Gasteiger partial charge in [-0.3, -0.25) is 9.59 Å². The molecule has 5 fully saturated rings. The molecular weight excluding hydrogens is 272 g/mol. The van der Waals surface area contributed by atoms with Crippen LogP contribution in [0.1, 0.15) is 38.5 Å². The molecule has 0 aromatic heterocycles. The first-order valence-electron chi connectivity index (χ1n) is 7.78. The van der Waals surface area contributed by atoms with Gasteiger partial charge in [-0.1, -0.05) is 0 Å². The number of carbonyl (C=O) groups is 2. The van der Waals surface area contributed by atoms with E-state index in [1.54, 1.807) is 16.7 Å². The molecule has 5 heteroatoms. The Balaban J connectivity index is 1.41. The average Bonchev–Trinajstić information content (AvgIpc) is 2.72. The van der Waals surface area contributed by atoms with Crippen LogP contribution in [0.15, 0.2) is 0 Å². The summed E-state index contributed by atoms with van der Waals surface area (Å²) in [5.41, 5.74) is 0.0712. The third kappa shape index (κ3) is 2.24. The first-order valence-corrected chi connectivity index (χ1v) is 8.94. The van der Waals surface area contributed by atoms with Gasteiger partial charge in [0.1, 0.15) is 6.54 Å². The minimum atomic E-state index is 0.0581. The van der Waals surface area contributed by atoms with Crippen molar-refractivity contribution in [3.05, 3.63) is 0 Å². The molecule has 1 heterocycles. The summed E-state index contributed by atoms with van der Waals surface area (Å²) >= 11 is 1.60. The van der Waals surface area contributed by atoms with Crippen LogP contribution < -0.4 is 5.32 Å². The summed E-state index contributed by atoms with van der Waals surface area (Å²) in [6, 6.07) is 0. The predicted molar refractivity (Wildman–Crippen MR) is 78.1 cm³/mol. The molecule has 0 aromatic carbocycles. The molecule has 4 nitrogen and oxygen atoms in total. The van der Waals surface area contributed by atoms with E-state index < -0.39 is 0 Å². The third-order valence-corrected chi connectivity index (χ3v) is 6.55. The van der Waals surface area contributed by atoms with E-state index in [1.807, 2.05) is 0 Å². The van der Waals surface area contributed by atoms with Crippen LogP contribution in [0, 0.1) is 17.8 Å². The zero-order valence-electron chi connectivity index (χ0n) is 11.8. The highest BCUT2D eigenvalue weighted by molar-refractivity contribution is 8.00. The zero-order valence-corrected chi connectivity index (χ0v) is 12.6. The lowest BCUT2D eigenvalue weighted by Crippen LogP contribution is -2.61. The molecule has 5 aliphatic rings. The normalized spacial score (nSPS) is 42.3. The predicted octanol–water partition coefficient (Wildman–Crippen LogP) is 1.60. The topological polar surface area (TPSA) is 49.4 Å². The van der Waals surface area contributed by atoms with E-state index in [0.29, 0.717) is 11.6 Å². The second-order valence-electron chi connectivity index (χ2n) is 7.32. The van der Waals surface area contributed by atoms with E-state index in [2.05, 4.69) is 5.32 Å². The van der Waals surface area contributed by atoms with E-state index in [-0.39, 0.29) is 23.9 Å². The molecule has 1 N–H and O–H groups in total. The number of thioether (sulfide) groups is 1.